The predicted octanol–water partition coefficient (Wildman–Crippen LogP) is 5.02. The molecule has 1 heterocycles. The Hall–Kier alpha value is -1.94. The average molecular weight is 355 g/mol. The fourth-order valence-electron chi connectivity index (χ4n) is 3.09. The van der Waals surface area contributed by atoms with Gasteiger partial charge in [0.25, 0.3) is 0 Å². The molecule has 2 aromatic rings. The smallest absolute Gasteiger partial charge is 0.225 e. The first-order valence-electron chi connectivity index (χ1n) is 8.97. The van der Waals surface area contributed by atoms with Crippen LogP contribution < -0.4 is 10.2 Å². The number of anilines is 2. The number of thioether (sulfide) groups is 1. The van der Waals surface area contributed by atoms with Crippen LogP contribution in [0.25, 0.3) is 0 Å². The summed E-state index contributed by atoms with van der Waals surface area (Å²) in [4.78, 5) is 15.9. The van der Waals surface area contributed by atoms with E-state index in [4.69, 9.17) is 0 Å². The van der Waals surface area contributed by atoms with E-state index in [9.17, 15) is 4.79 Å². The van der Waals surface area contributed by atoms with E-state index in [1.54, 1.807) is 11.8 Å². The van der Waals surface area contributed by atoms with Gasteiger partial charge in [0.15, 0.2) is 0 Å². The SMILES string of the molecule is Cc1ccc(SCCC(=O)Nc2ccccc2N2CCCC2)cc1C. The van der Waals surface area contributed by atoms with Gasteiger partial charge >= 0.3 is 0 Å². The summed E-state index contributed by atoms with van der Waals surface area (Å²) in [6.07, 6.45) is 2.98. The number of benzene rings is 2. The van der Waals surface area contributed by atoms with Gasteiger partial charge in [-0.3, -0.25) is 4.79 Å². The van der Waals surface area contributed by atoms with Crippen molar-refractivity contribution in [2.45, 2.75) is 38.0 Å². The summed E-state index contributed by atoms with van der Waals surface area (Å²) in [6.45, 7) is 6.40. The molecule has 0 aromatic heterocycles. The molecule has 0 radical (unpaired) electrons. The highest BCUT2D eigenvalue weighted by molar-refractivity contribution is 7.99. The molecule has 0 saturated carbocycles. The van der Waals surface area contributed by atoms with Gasteiger partial charge in [0, 0.05) is 30.2 Å². The van der Waals surface area contributed by atoms with Crippen molar-refractivity contribution in [1.82, 2.24) is 0 Å². The maximum atomic E-state index is 12.3. The normalized spacial score (nSPS) is 13.9. The standard InChI is InChI=1S/C21H26N2OS/c1-16-9-10-18(15-17(16)2)25-14-11-21(24)22-19-7-3-4-8-20(19)23-12-5-6-13-23/h3-4,7-10,15H,5-6,11-14H2,1-2H3,(H,22,24). The fraction of sp³-hybridized carbons (Fsp3) is 0.381. The van der Waals surface area contributed by atoms with Crippen LogP contribution in [0.3, 0.4) is 0 Å². The van der Waals surface area contributed by atoms with Crippen LogP contribution in [0, 0.1) is 13.8 Å². The number of para-hydroxylation sites is 2. The molecule has 0 atom stereocenters. The first-order valence-corrected chi connectivity index (χ1v) is 9.96. The summed E-state index contributed by atoms with van der Waals surface area (Å²) in [6, 6.07) is 14.6. The summed E-state index contributed by atoms with van der Waals surface area (Å²) in [5.41, 5.74) is 4.69. The third kappa shape index (κ3) is 4.79. The van der Waals surface area contributed by atoms with E-state index in [0.717, 1.165) is 30.2 Å². The Morgan fingerprint density at radius 2 is 1.84 bits per heavy atom. The molecule has 2 aromatic carbocycles. The number of carbonyl (C=O) groups is 1. The molecule has 1 amide bonds. The van der Waals surface area contributed by atoms with Gasteiger partial charge in [-0.25, -0.2) is 0 Å². The third-order valence-corrected chi connectivity index (χ3v) is 5.70. The minimum atomic E-state index is 0.0861. The van der Waals surface area contributed by atoms with Crippen molar-refractivity contribution in [2.24, 2.45) is 0 Å². The molecule has 1 N–H and O–H groups in total. The zero-order valence-corrected chi connectivity index (χ0v) is 15.9. The highest BCUT2D eigenvalue weighted by atomic mass is 32.2. The van der Waals surface area contributed by atoms with Crippen LogP contribution in [0.1, 0.15) is 30.4 Å². The Bertz CT molecular complexity index is 738. The van der Waals surface area contributed by atoms with Crippen LogP contribution in [0.4, 0.5) is 11.4 Å². The molecule has 1 aliphatic rings. The van der Waals surface area contributed by atoms with Crippen molar-refractivity contribution in [3.63, 3.8) is 0 Å². The summed E-state index contributed by atoms with van der Waals surface area (Å²) >= 11 is 1.74. The van der Waals surface area contributed by atoms with E-state index in [0.29, 0.717) is 6.42 Å². The second-order valence-corrected chi connectivity index (χ2v) is 7.77. The Morgan fingerprint density at radius 3 is 2.60 bits per heavy atom. The average Bonchev–Trinajstić information content (AvgIpc) is 3.13. The summed E-state index contributed by atoms with van der Waals surface area (Å²) in [5, 5.41) is 3.10. The van der Waals surface area contributed by atoms with Gasteiger partial charge in [-0.05, 0) is 62.1 Å². The van der Waals surface area contributed by atoms with E-state index in [1.165, 1.54) is 28.9 Å². The van der Waals surface area contributed by atoms with Gasteiger partial charge in [0.1, 0.15) is 0 Å². The lowest BCUT2D eigenvalue weighted by Crippen LogP contribution is -2.21. The van der Waals surface area contributed by atoms with E-state index >= 15 is 0 Å². The molecule has 1 saturated heterocycles. The number of hydrogen-bond acceptors (Lipinski definition) is 3. The van der Waals surface area contributed by atoms with Crippen molar-refractivity contribution >= 4 is 29.0 Å². The van der Waals surface area contributed by atoms with E-state index in [1.807, 2.05) is 18.2 Å². The molecule has 0 aliphatic carbocycles. The largest absolute Gasteiger partial charge is 0.370 e. The number of aryl methyl sites for hydroxylation is 2. The lowest BCUT2D eigenvalue weighted by atomic mass is 10.1. The molecule has 0 bridgehead atoms. The van der Waals surface area contributed by atoms with Gasteiger partial charge in [-0.2, -0.15) is 0 Å². The van der Waals surface area contributed by atoms with Crippen molar-refractivity contribution in [1.29, 1.82) is 0 Å². The molecular formula is C21H26N2OS. The predicted molar refractivity (Wildman–Crippen MR) is 108 cm³/mol. The van der Waals surface area contributed by atoms with Crippen LogP contribution in [-0.2, 0) is 4.79 Å². The number of hydrogen-bond donors (Lipinski definition) is 1. The Kier molecular flexibility index (Phi) is 6.03. The van der Waals surface area contributed by atoms with Gasteiger partial charge in [0.05, 0.1) is 11.4 Å². The number of carbonyl (C=O) groups excluding carboxylic acids is 1. The first kappa shape index (κ1) is 17.9. The molecule has 1 aliphatic heterocycles. The Morgan fingerprint density at radius 1 is 1.08 bits per heavy atom. The van der Waals surface area contributed by atoms with Crippen LogP contribution in [0.5, 0.6) is 0 Å². The molecular weight excluding hydrogens is 328 g/mol. The molecule has 0 spiro atoms. The second kappa shape index (κ2) is 8.43. The maximum Gasteiger partial charge on any atom is 0.225 e. The van der Waals surface area contributed by atoms with E-state index in [-0.39, 0.29) is 5.91 Å². The van der Waals surface area contributed by atoms with E-state index in [2.05, 4.69) is 48.3 Å². The molecule has 3 rings (SSSR count). The number of nitrogens with one attached hydrogen (secondary N) is 1. The zero-order chi connectivity index (χ0) is 17.6. The van der Waals surface area contributed by atoms with Gasteiger partial charge < -0.3 is 10.2 Å². The second-order valence-electron chi connectivity index (χ2n) is 6.60. The molecule has 25 heavy (non-hydrogen) atoms. The van der Waals surface area contributed by atoms with Crippen molar-refractivity contribution in [3.05, 3.63) is 53.6 Å². The summed E-state index contributed by atoms with van der Waals surface area (Å²) in [7, 11) is 0. The lowest BCUT2D eigenvalue weighted by molar-refractivity contribution is -0.115. The van der Waals surface area contributed by atoms with Gasteiger partial charge in [0.2, 0.25) is 5.91 Å². The molecule has 3 nitrogen and oxygen atoms in total. The van der Waals surface area contributed by atoms with Gasteiger partial charge in [-0.15, -0.1) is 11.8 Å². The number of amides is 1. The Balaban J connectivity index is 1.53. The third-order valence-electron chi connectivity index (χ3n) is 4.70. The first-order chi connectivity index (χ1) is 12.1. The highest BCUT2D eigenvalue weighted by Gasteiger charge is 2.16. The van der Waals surface area contributed by atoms with Crippen molar-refractivity contribution < 1.29 is 4.79 Å². The Labute approximate surface area is 154 Å². The van der Waals surface area contributed by atoms with Crippen LogP contribution in [0.2, 0.25) is 0 Å². The number of nitrogens with zero attached hydrogens (tertiary/aromatic N) is 1. The summed E-state index contributed by atoms with van der Waals surface area (Å²) in [5.74, 6) is 0.878. The molecule has 1 fully saturated rings. The van der Waals surface area contributed by atoms with Gasteiger partial charge in [-0.1, -0.05) is 18.2 Å². The van der Waals surface area contributed by atoms with Crippen LogP contribution in [-0.4, -0.2) is 24.7 Å². The van der Waals surface area contributed by atoms with Crippen molar-refractivity contribution in [2.75, 3.05) is 29.1 Å². The minimum Gasteiger partial charge on any atom is -0.370 e. The van der Waals surface area contributed by atoms with Crippen LogP contribution >= 0.6 is 11.8 Å². The monoisotopic (exact) mass is 354 g/mol. The topological polar surface area (TPSA) is 32.3 Å². The minimum absolute atomic E-state index is 0.0861. The maximum absolute atomic E-state index is 12.3. The molecule has 0 unspecified atom stereocenters. The zero-order valence-electron chi connectivity index (χ0n) is 15.0. The lowest BCUT2D eigenvalue weighted by Gasteiger charge is -2.21. The van der Waals surface area contributed by atoms with Crippen LogP contribution in [0.15, 0.2) is 47.4 Å². The van der Waals surface area contributed by atoms with E-state index < -0.39 is 0 Å². The van der Waals surface area contributed by atoms with Crippen molar-refractivity contribution in [3.8, 4) is 0 Å². The molecule has 132 valence electrons. The molecule has 4 heteroatoms. The summed E-state index contributed by atoms with van der Waals surface area (Å²) < 4.78 is 0. The fourth-order valence-corrected chi connectivity index (χ4v) is 4.04. The highest BCUT2D eigenvalue weighted by Crippen LogP contribution is 2.29. The number of rotatable bonds is 6. The quantitative estimate of drug-likeness (QED) is 0.739.